The standard InChI is InChI=1S/C26H37NO2Si/c1-6-27(7-2)25(28)21-15-10-16-22-29-30(26(3,4)5,23-17-11-8-12-18-23)24-19-13-9-14-20-24/h8-9,11-15,17-21H,6-7,10,16,22H2,1-5H3/b21-15+. The van der Waals surface area contributed by atoms with Gasteiger partial charge in [0.05, 0.1) is 0 Å². The van der Waals surface area contributed by atoms with Crippen LogP contribution < -0.4 is 10.4 Å². The quantitative estimate of drug-likeness (QED) is 0.313. The van der Waals surface area contributed by atoms with Crippen LogP contribution in [0.2, 0.25) is 5.04 Å². The van der Waals surface area contributed by atoms with Crippen molar-refractivity contribution in [3.8, 4) is 0 Å². The van der Waals surface area contributed by atoms with E-state index in [1.165, 1.54) is 10.4 Å². The number of hydrogen-bond donors (Lipinski definition) is 0. The van der Waals surface area contributed by atoms with Crippen LogP contribution in [0.3, 0.4) is 0 Å². The van der Waals surface area contributed by atoms with Gasteiger partial charge < -0.3 is 9.33 Å². The van der Waals surface area contributed by atoms with Gasteiger partial charge in [-0.05, 0) is 48.2 Å². The SMILES string of the molecule is CCN(CC)C(=O)/C=C/CCCO[Si](c1ccccc1)(c1ccccc1)C(C)(C)C. The highest BCUT2D eigenvalue weighted by Crippen LogP contribution is 2.36. The second-order valence-electron chi connectivity index (χ2n) is 8.57. The normalized spacial score (nSPS) is 12.3. The molecule has 0 heterocycles. The Morgan fingerprint density at radius 1 is 0.933 bits per heavy atom. The number of allylic oxidation sites excluding steroid dienone is 1. The molecule has 0 radical (unpaired) electrons. The molecule has 0 bridgehead atoms. The molecule has 162 valence electrons. The Bertz CT molecular complexity index is 753. The number of benzene rings is 2. The zero-order chi connectivity index (χ0) is 22.0. The second kappa shape index (κ2) is 11.3. The molecular weight excluding hydrogens is 386 g/mol. The number of carbonyl (C=O) groups is 1. The third-order valence-electron chi connectivity index (χ3n) is 5.59. The Balaban J connectivity index is 2.17. The number of rotatable bonds is 10. The first-order chi connectivity index (χ1) is 14.4. The van der Waals surface area contributed by atoms with E-state index in [0.29, 0.717) is 6.61 Å². The van der Waals surface area contributed by atoms with E-state index in [-0.39, 0.29) is 10.9 Å². The molecule has 0 spiro atoms. The lowest BCUT2D eigenvalue weighted by Crippen LogP contribution is -2.66. The molecule has 0 saturated heterocycles. The largest absolute Gasteiger partial charge is 0.407 e. The lowest BCUT2D eigenvalue weighted by Gasteiger charge is -2.43. The minimum absolute atomic E-state index is 0.00966. The molecule has 1 amide bonds. The van der Waals surface area contributed by atoms with E-state index in [0.717, 1.165) is 25.9 Å². The topological polar surface area (TPSA) is 29.5 Å². The third kappa shape index (κ3) is 5.70. The fourth-order valence-corrected chi connectivity index (χ4v) is 8.62. The van der Waals surface area contributed by atoms with Crippen molar-refractivity contribution >= 4 is 24.6 Å². The van der Waals surface area contributed by atoms with Crippen molar-refractivity contribution in [2.45, 2.75) is 52.5 Å². The van der Waals surface area contributed by atoms with Crippen LogP contribution in [0.15, 0.2) is 72.8 Å². The van der Waals surface area contributed by atoms with Crippen molar-refractivity contribution in [2.24, 2.45) is 0 Å². The molecule has 0 unspecified atom stereocenters. The summed E-state index contributed by atoms with van der Waals surface area (Å²) in [5.41, 5.74) is 0. The van der Waals surface area contributed by atoms with E-state index in [9.17, 15) is 4.79 Å². The summed E-state index contributed by atoms with van der Waals surface area (Å²) in [6, 6.07) is 21.4. The Kier molecular flexibility index (Phi) is 9.06. The van der Waals surface area contributed by atoms with Gasteiger partial charge in [-0.2, -0.15) is 0 Å². The van der Waals surface area contributed by atoms with Crippen LogP contribution in [0.5, 0.6) is 0 Å². The maximum atomic E-state index is 12.1. The van der Waals surface area contributed by atoms with Gasteiger partial charge in [-0.25, -0.2) is 0 Å². The van der Waals surface area contributed by atoms with E-state index in [1.54, 1.807) is 6.08 Å². The van der Waals surface area contributed by atoms with Crippen molar-refractivity contribution in [3.63, 3.8) is 0 Å². The van der Waals surface area contributed by atoms with Gasteiger partial charge in [0.25, 0.3) is 8.32 Å². The second-order valence-corrected chi connectivity index (χ2v) is 12.9. The van der Waals surface area contributed by atoms with Gasteiger partial charge in [0.2, 0.25) is 5.91 Å². The lowest BCUT2D eigenvalue weighted by molar-refractivity contribution is -0.125. The van der Waals surface area contributed by atoms with Crippen LogP contribution in [0.25, 0.3) is 0 Å². The first-order valence-electron chi connectivity index (χ1n) is 11.1. The van der Waals surface area contributed by atoms with Crippen LogP contribution in [0.4, 0.5) is 0 Å². The summed E-state index contributed by atoms with van der Waals surface area (Å²) >= 11 is 0. The molecule has 0 aromatic heterocycles. The molecule has 0 N–H and O–H groups in total. The Labute approximate surface area is 183 Å². The summed E-state index contributed by atoms with van der Waals surface area (Å²) in [6.07, 6.45) is 5.42. The molecular formula is C26H37NO2Si. The average Bonchev–Trinajstić information content (AvgIpc) is 2.74. The number of hydrogen-bond acceptors (Lipinski definition) is 2. The van der Waals surface area contributed by atoms with Crippen molar-refractivity contribution in [1.82, 2.24) is 4.90 Å². The summed E-state index contributed by atoms with van der Waals surface area (Å²) in [5, 5.41) is 2.59. The van der Waals surface area contributed by atoms with E-state index in [4.69, 9.17) is 4.43 Å². The van der Waals surface area contributed by atoms with E-state index in [1.807, 2.05) is 24.8 Å². The molecule has 0 aliphatic heterocycles. The van der Waals surface area contributed by atoms with Crippen LogP contribution in [0, 0.1) is 0 Å². The van der Waals surface area contributed by atoms with Gasteiger partial charge in [0.1, 0.15) is 0 Å². The zero-order valence-electron chi connectivity index (χ0n) is 19.2. The van der Waals surface area contributed by atoms with Crippen LogP contribution in [-0.4, -0.2) is 38.8 Å². The van der Waals surface area contributed by atoms with E-state index in [2.05, 4.69) is 81.4 Å². The summed E-state index contributed by atoms with van der Waals surface area (Å²) in [6.45, 7) is 13.1. The highest BCUT2D eigenvalue weighted by molar-refractivity contribution is 6.99. The number of carbonyl (C=O) groups excluding carboxylic acids is 1. The Hall–Kier alpha value is -2.17. The van der Waals surface area contributed by atoms with Crippen LogP contribution in [-0.2, 0) is 9.22 Å². The smallest absolute Gasteiger partial charge is 0.261 e. The van der Waals surface area contributed by atoms with Crippen LogP contribution >= 0.6 is 0 Å². The molecule has 0 fully saturated rings. The molecule has 0 saturated carbocycles. The van der Waals surface area contributed by atoms with Gasteiger partial charge in [-0.15, -0.1) is 0 Å². The highest BCUT2D eigenvalue weighted by atomic mass is 28.4. The van der Waals surface area contributed by atoms with Crippen LogP contribution in [0.1, 0.15) is 47.5 Å². The monoisotopic (exact) mass is 423 g/mol. The summed E-state index contributed by atoms with van der Waals surface area (Å²) in [7, 11) is -2.46. The van der Waals surface area contributed by atoms with Gasteiger partial charge in [0.15, 0.2) is 0 Å². The predicted octanol–water partition coefficient (Wildman–Crippen LogP) is 4.77. The molecule has 2 aromatic rings. The van der Waals surface area contributed by atoms with Crippen molar-refractivity contribution < 1.29 is 9.22 Å². The minimum Gasteiger partial charge on any atom is -0.407 e. The predicted molar refractivity (Wildman–Crippen MR) is 130 cm³/mol. The maximum Gasteiger partial charge on any atom is 0.261 e. The molecule has 4 heteroatoms. The van der Waals surface area contributed by atoms with Crippen molar-refractivity contribution in [2.75, 3.05) is 19.7 Å². The van der Waals surface area contributed by atoms with E-state index >= 15 is 0 Å². The van der Waals surface area contributed by atoms with Gasteiger partial charge >= 0.3 is 0 Å². The number of likely N-dealkylation sites (N-methyl/N-ethyl adjacent to an activating group) is 1. The van der Waals surface area contributed by atoms with Gasteiger partial charge in [0, 0.05) is 19.7 Å². The molecule has 0 aliphatic carbocycles. The molecule has 2 aromatic carbocycles. The molecule has 0 aliphatic rings. The molecule has 30 heavy (non-hydrogen) atoms. The number of unbranched alkanes of at least 4 members (excludes halogenated alkanes) is 1. The average molecular weight is 424 g/mol. The highest BCUT2D eigenvalue weighted by Gasteiger charge is 2.49. The number of nitrogens with zero attached hydrogens (tertiary/aromatic N) is 1. The fourth-order valence-electron chi connectivity index (χ4n) is 4.01. The molecule has 0 atom stereocenters. The summed E-state index contributed by atoms with van der Waals surface area (Å²) in [5.74, 6) is 0.0907. The zero-order valence-corrected chi connectivity index (χ0v) is 20.2. The number of amides is 1. The maximum absolute atomic E-state index is 12.1. The van der Waals surface area contributed by atoms with E-state index < -0.39 is 8.32 Å². The minimum atomic E-state index is -2.46. The third-order valence-corrected chi connectivity index (χ3v) is 10.6. The van der Waals surface area contributed by atoms with Gasteiger partial charge in [-0.1, -0.05) is 87.5 Å². The summed E-state index contributed by atoms with van der Waals surface area (Å²) < 4.78 is 6.87. The van der Waals surface area contributed by atoms with Crippen molar-refractivity contribution in [1.29, 1.82) is 0 Å². The van der Waals surface area contributed by atoms with Gasteiger partial charge in [-0.3, -0.25) is 4.79 Å². The first kappa shape index (κ1) is 24.1. The Morgan fingerprint density at radius 3 is 1.87 bits per heavy atom. The molecule has 2 rings (SSSR count). The molecule has 3 nitrogen and oxygen atoms in total. The Morgan fingerprint density at radius 2 is 1.43 bits per heavy atom. The summed E-state index contributed by atoms with van der Waals surface area (Å²) in [4.78, 5) is 13.9. The first-order valence-corrected chi connectivity index (χ1v) is 13.0. The fraction of sp³-hybridized carbons (Fsp3) is 0.423. The van der Waals surface area contributed by atoms with Crippen molar-refractivity contribution in [3.05, 3.63) is 72.8 Å². The lowest BCUT2D eigenvalue weighted by atomic mass is 10.2.